The van der Waals surface area contributed by atoms with E-state index in [4.69, 9.17) is 11.6 Å². The van der Waals surface area contributed by atoms with Crippen molar-refractivity contribution in [2.45, 2.75) is 63.6 Å². The lowest BCUT2D eigenvalue weighted by Gasteiger charge is -2.63. The molecule has 4 aliphatic carbocycles. The van der Waals surface area contributed by atoms with E-state index in [-0.39, 0.29) is 29.9 Å². The first-order chi connectivity index (χ1) is 13.8. The van der Waals surface area contributed by atoms with Crippen LogP contribution in [0.2, 0.25) is 0 Å². The van der Waals surface area contributed by atoms with Crippen molar-refractivity contribution in [1.29, 1.82) is 0 Å². The third-order valence-corrected chi connectivity index (χ3v) is 9.13. The van der Waals surface area contributed by atoms with Gasteiger partial charge in [0.25, 0.3) is 0 Å². The first-order valence-corrected chi connectivity index (χ1v) is 10.7. The number of rotatable bonds is 2. The fourth-order valence-electron chi connectivity index (χ4n) is 7.31. The predicted octanol–water partition coefficient (Wildman–Crippen LogP) is 2.41. The quantitative estimate of drug-likeness (QED) is 0.608. The molecule has 5 nitrogen and oxygen atoms in total. The highest BCUT2D eigenvalue weighted by molar-refractivity contribution is 6.44. The second kappa shape index (κ2) is 6.44. The van der Waals surface area contributed by atoms with Gasteiger partial charge in [-0.05, 0) is 55.7 Å². The minimum Gasteiger partial charge on any atom is -0.390 e. The Labute approximate surface area is 178 Å². The summed E-state index contributed by atoms with van der Waals surface area (Å²) in [5, 5.41) is 31.7. The van der Waals surface area contributed by atoms with Gasteiger partial charge in [0.05, 0.1) is 11.1 Å². The molecule has 3 N–H and O–H groups in total. The third kappa shape index (κ3) is 2.27. The molecule has 0 unspecified atom stereocenters. The van der Waals surface area contributed by atoms with Crippen molar-refractivity contribution >= 4 is 23.2 Å². The van der Waals surface area contributed by atoms with Crippen LogP contribution in [0.4, 0.5) is 8.78 Å². The summed E-state index contributed by atoms with van der Waals surface area (Å²) in [6.45, 7) is 3.84. The fourth-order valence-corrected chi connectivity index (χ4v) is 7.58. The molecule has 0 heterocycles. The van der Waals surface area contributed by atoms with Gasteiger partial charge in [0, 0.05) is 16.7 Å². The molecule has 0 radical (unpaired) electrons. The number of Topliss-reactive ketones (excluding diaryl/α,β-unsaturated/α-hetero) is 1. The maximum Gasteiger partial charge on any atom is 0.196 e. The van der Waals surface area contributed by atoms with Gasteiger partial charge in [0.2, 0.25) is 0 Å². The summed E-state index contributed by atoms with van der Waals surface area (Å²) in [5.41, 5.74) is -7.19. The number of carbonyl (C=O) groups excluding carboxylic acids is 2. The van der Waals surface area contributed by atoms with Crippen molar-refractivity contribution in [3.8, 4) is 0 Å². The number of carbonyl (C=O) groups is 2. The lowest BCUT2D eigenvalue weighted by molar-refractivity contribution is -0.223. The molecule has 0 aromatic carbocycles. The SMILES string of the molecule is C[C@H]1C[C@H]2[C@@H]3C[C@@H](F)C4=CC(=O)C(Cl)=C[C@]4(C)[C@@]3(F)[C@@H](O)C[C@]2(C)[C@@]1(O)C(=O)CO. The molecule has 30 heavy (non-hydrogen) atoms. The molecule has 4 aliphatic rings. The zero-order valence-corrected chi connectivity index (χ0v) is 17.9. The van der Waals surface area contributed by atoms with E-state index in [2.05, 4.69) is 0 Å². The van der Waals surface area contributed by atoms with Crippen LogP contribution in [0, 0.1) is 28.6 Å². The van der Waals surface area contributed by atoms with E-state index >= 15 is 8.78 Å². The van der Waals surface area contributed by atoms with E-state index < -0.39 is 70.3 Å². The van der Waals surface area contributed by atoms with Crippen LogP contribution in [0.3, 0.4) is 0 Å². The molecule has 3 saturated carbocycles. The largest absolute Gasteiger partial charge is 0.390 e. The van der Waals surface area contributed by atoms with Gasteiger partial charge in [0.1, 0.15) is 18.4 Å². The highest BCUT2D eigenvalue weighted by Gasteiger charge is 2.76. The van der Waals surface area contributed by atoms with Crippen molar-refractivity contribution in [2.75, 3.05) is 6.61 Å². The zero-order valence-electron chi connectivity index (χ0n) is 17.2. The topological polar surface area (TPSA) is 94.8 Å². The minimum absolute atomic E-state index is 0.0361. The average Bonchev–Trinajstić information content (AvgIpc) is 2.87. The molecule has 9 atom stereocenters. The lowest BCUT2D eigenvalue weighted by Crippen LogP contribution is -2.70. The molecule has 0 aromatic heterocycles. The predicted molar refractivity (Wildman–Crippen MR) is 105 cm³/mol. The van der Waals surface area contributed by atoms with Crippen LogP contribution >= 0.6 is 11.6 Å². The van der Waals surface area contributed by atoms with Gasteiger partial charge in [-0.2, -0.15) is 0 Å². The van der Waals surface area contributed by atoms with Crippen LogP contribution in [-0.2, 0) is 9.59 Å². The summed E-state index contributed by atoms with van der Waals surface area (Å²) in [5.74, 6) is -3.59. The Morgan fingerprint density at radius 1 is 1.30 bits per heavy atom. The molecule has 166 valence electrons. The Hall–Kier alpha value is -1.15. The number of aliphatic hydroxyl groups is 3. The van der Waals surface area contributed by atoms with Crippen LogP contribution in [0.25, 0.3) is 0 Å². The maximum atomic E-state index is 17.0. The highest BCUT2D eigenvalue weighted by Crippen LogP contribution is 2.71. The van der Waals surface area contributed by atoms with Gasteiger partial charge in [-0.1, -0.05) is 25.4 Å². The molecular formula is C22H27ClF2O5. The first kappa shape index (κ1) is 22.1. The highest BCUT2D eigenvalue weighted by atomic mass is 35.5. The van der Waals surface area contributed by atoms with E-state index in [9.17, 15) is 24.9 Å². The van der Waals surface area contributed by atoms with Crippen LogP contribution in [-0.4, -0.2) is 57.0 Å². The second-order valence-corrected chi connectivity index (χ2v) is 10.4. The summed E-state index contributed by atoms with van der Waals surface area (Å²) >= 11 is 6.02. The monoisotopic (exact) mass is 444 g/mol. The third-order valence-electron chi connectivity index (χ3n) is 8.84. The second-order valence-electron chi connectivity index (χ2n) is 9.96. The Morgan fingerprint density at radius 2 is 1.93 bits per heavy atom. The molecule has 0 aromatic rings. The Balaban J connectivity index is 1.89. The molecule has 8 heteroatoms. The standard InChI is InChI=1S/C22H27ClF2O5/c1-10-4-11-12-5-15(24)13-6-16(27)14(23)7-19(13,2)21(12,25)17(28)8-20(11,3)22(10,30)18(29)9-26/h6-7,10-12,15,17,26,28,30H,4-5,8-9H2,1-3H3/t10-,11-,12-,15+,17-,19-,20-,21-,22-/m0/s1. The van der Waals surface area contributed by atoms with Crippen molar-refractivity contribution in [1.82, 2.24) is 0 Å². The molecule has 3 fully saturated rings. The Kier molecular flexibility index (Phi) is 4.73. The normalized spacial score (nSPS) is 52.7. The number of hydrogen-bond acceptors (Lipinski definition) is 5. The lowest BCUT2D eigenvalue weighted by atomic mass is 9.44. The van der Waals surface area contributed by atoms with E-state index in [1.807, 2.05) is 0 Å². The smallest absolute Gasteiger partial charge is 0.196 e. The summed E-state index contributed by atoms with van der Waals surface area (Å²) < 4.78 is 32.3. The van der Waals surface area contributed by atoms with Gasteiger partial charge in [0.15, 0.2) is 17.2 Å². The molecule has 0 amide bonds. The number of hydrogen-bond donors (Lipinski definition) is 3. The average molecular weight is 445 g/mol. The van der Waals surface area contributed by atoms with E-state index in [0.717, 1.165) is 6.08 Å². The number of allylic oxidation sites excluding steroid dienone is 4. The van der Waals surface area contributed by atoms with Crippen LogP contribution in [0.1, 0.15) is 40.0 Å². The Bertz CT molecular complexity index is 889. The molecule has 0 bridgehead atoms. The number of aliphatic hydroxyl groups excluding tert-OH is 2. The Morgan fingerprint density at radius 3 is 2.53 bits per heavy atom. The number of alkyl halides is 2. The first-order valence-electron chi connectivity index (χ1n) is 10.3. The van der Waals surface area contributed by atoms with Crippen molar-refractivity contribution in [3.05, 3.63) is 22.8 Å². The van der Waals surface area contributed by atoms with Gasteiger partial charge in [-0.15, -0.1) is 0 Å². The molecule has 4 rings (SSSR count). The minimum atomic E-state index is -2.33. The maximum absolute atomic E-state index is 17.0. The van der Waals surface area contributed by atoms with Crippen molar-refractivity contribution in [3.63, 3.8) is 0 Å². The molecular weight excluding hydrogens is 418 g/mol. The fraction of sp³-hybridized carbons (Fsp3) is 0.727. The molecule has 0 saturated heterocycles. The van der Waals surface area contributed by atoms with E-state index in [1.165, 1.54) is 13.0 Å². The van der Waals surface area contributed by atoms with Crippen LogP contribution < -0.4 is 0 Å². The molecule has 0 aliphatic heterocycles. The van der Waals surface area contributed by atoms with E-state index in [0.29, 0.717) is 0 Å². The molecule has 0 spiro atoms. The number of halogens is 3. The summed E-state index contributed by atoms with van der Waals surface area (Å²) in [6, 6.07) is 0. The number of fused-ring (bicyclic) bond motifs is 5. The number of ketones is 2. The summed E-state index contributed by atoms with van der Waals surface area (Å²) in [4.78, 5) is 24.6. The van der Waals surface area contributed by atoms with Gasteiger partial charge in [-0.3, -0.25) is 9.59 Å². The van der Waals surface area contributed by atoms with Gasteiger partial charge >= 0.3 is 0 Å². The summed E-state index contributed by atoms with van der Waals surface area (Å²) in [7, 11) is 0. The van der Waals surface area contributed by atoms with Crippen LogP contribution in [0.15, 0.2) is 22.8 Å². The van der Waals surface area contributed by atoms with Crippen molar-refractivity contribution < 1.29 is 33.7 Å². The van der Waals surface area contributed by atoms with Crippen molar-refractivity contribution in [2.24, 2.45) is 28.6 Å². The van der Waals surface area contributed by atoms with Gasteiger partial charge in [-0.25, -0.2) is 8.78 Å². The van der Waals surface area contributed by atoms with Gasteiger partial charge < -0.3 is 15.3 Å². The summed E-state index contributed by atoms with van der Waals surface area (Å²) in [6.07, 6.45) is -1.28. The zero-order chi connectivity index (χ0) is 22.4. The van der Waals surface area contributed by atoms with Crippen LogP contribution in [0.5, 0.6) is 0 Å². The van der Waals surface area contributed by atoms with E-state index in [1.54, 1.807) is 13.8 Å².